The molecule has 0 saturated heterocycles. The van der Waals surface area contributed by atoms with Gasteiger partial charge in [-0.05, 0) is 34.7 Å². The SMILES string of the molecule is O=C(OCCOc1nnnn1-c1ccccc1)c1ccccc1. The summed E-state index contributed by atoms with van der Waals surface area (Å²) in [7, 11) is 0. The molecule has 0 atom stereocenters. The summed E-state index contributed by atoms with van der Waals surface area (Å²) >= 11 is 0. The lowest BCUT2D eigenvalue weighted by Gasteiger charge is -2.07. The quantitative estimate of drug-likeness (QED) is 0.511. The van der Waals surface area contributed by atoms with Crippen LogP contribution in [0, 0.1) is 0 Å². The molecular weight excluding hydrogens is 296 g/mol. The molecule has 0 N–H and O–H groups in total. The minimum Gasteiger partial charge on any atom is -0.459 e. The molecule has 1 heterocycles. The van der Waals surface area contributed by atoms with Crippen molar-refractivity contribution in [3.63, 3.8) is 0 Å². The van der Waals surface area contributed by atoms with Gasteiger partial charge in [-0.3, -0.25) is 0 Å². The fourth-order valence-corrected chi connectivity index (χ4v) is 1.93. The lowest BCUT2D eigenvalue weighted by atomic mass is 10.2. The second kappa shape index (κ2) is 7.17. The number of carbonyl (C=O) groups excluding carboxylic acids is 1. The Kier molecular flexibility index (Phi) is 4.58. The van der Waals surface area contributed by atoms with E-state index in [4.69, 9.17) is 9.47 Å². The molecule has 0 spiro atoms. The minimum absolute atomic E-state index is 0.107. The van der Waals surface area contributed by atoms with E-state index in [1.807, 2.05) is 36.4 Å². The Bertz CT molecular complexity index is 759. The van der Waals surface area contributed by atoms with Crippen molar-refractivity contribution in [1.29, 1.82) is 0 Å². The van der Waals surface area contributed by atoms with Gasteiger partial charge in [0.05, 0.1) is 11.3 Å². The van der Waals surface area contributed by atoms with E-state index in [0.29, 0.717) is 5.56 Å². The molecule has 0 radical (unpaired) electrons. The third kappa shape index (κ3) is 3.70. The number of hydrogen-bond acceptors (Lipinski definition) is 6. The van der Waals surface area contributed by atoms with Crippen LogP contribution < -0.4 is 4.74 Å². The molecule has 23 heavy (non-hydrogen) atoms. The fourth-order valence-electron chi connectivity index (χ4n) is 1.93. The van der Waals surface area contributed by atoms with Crippen molar-refractivity contribution in [1.82, 2.24) is 20.2 Å². The molecule has 1 aromatic heterocycles. The van der Waals surface area contributed by atoms with Gasteiger partial charge in [0.25, 0.3) is 0 Å². The summed E-state index contributed by atoms with van der Waals surface area (Å²) in [4.78, 5) is 11.8. The maximum atomic E-state index is 11.8. The van der Waals surface area contributed by atoms with Crippen LogP contribution in [0.2, 0.25) is 0 Å². The van der Waals surface area contributed by atoms with Gasteiger partial charge in [-0.1, -0.05) is 41.5 Å². The number of aromatic nitrogens is 4. The summed E-state index contributed by atoms with van der Waals surface area (Å²) < 4.78 is 12.1. The number of esters is 1. The van der Waals surface area contributed by atoms with Gasteiger partial charge in [0.1, 0.15) is 13.2 Å². The van der Waals surface area contributed by atoms with Crippen molar-refractivity contribution in [3.05, 3.63) is 66.2 Å². The average Bonchev–Trinajstić information content (AvgIpc) is 3.08. The number of tetrazole rings is 1. The summed E-state index contributed by atoms with van der Waals surface area (Å²) in [5.74, 6) is -0.392. The molecule has 7 heteroatoms. The second-order valence-corrected chi connectivity index (χ2v) is 4.56. The molecule has 0 amide bonds. The molecule has 0 fully saturated rings. The summed E-state index contributed by atoms with van der Waals surface area (Å²) in [6.07, 6.45) is 0. The number of hydrogen-bond donors (Lipinski definition) is 0. The minimum atomic E-state index is -0.392. The van der Waals surface area contributed by atoms with Gasteiger partial charge < -0.3 is 9.47 Å². The summed E-state index contributed by atoms with van der Waals surface area (Å²) in [6, 6.07) is 18.4. The van der Waals surface area contributed by atoms with Gasteiger partial charge in [0.2, 0.25) is 0 Å². The van der Waals surface area contributed by atoms with Crippen molar-refractivity contribution in [2.24, 2.45) is 0 Å². The first-order valence-electron chi connectivity index (χ1n) is 7.03. The monoisotopic (exact) mass is 310 g/mol. The van der Waals surface area contributed by atoms with Crippen LogP contribution in [0.4, 0.5) is 0 Å². The summed E-state index contributed by atoms with van der Waals surface area (Å²) in [6.45, 7) is 0.265. The van der Waals surface area contributed by atoms with Gasteiger partial charge in [0, 0.05) is 0 Å². The van der Waals surface area contributed by atoms with E-state index in [-0.39, 0.29) is 19.2 Å². The first-order valence-corrected chi connectivity index (χ1v) is 7.03. The third-order valence-corrected chi connectivity index (χ3v) is 3.00. The number of ether oxygens (including phenoxy) is 2. The van der Waals surface area contributed by atoms with Crippen LogP contribution in [0.5, 0.6) is 6.01 Å². The number of benzene rings is 2. The molecule has 0 aliphatic heterocycles. The van der Waals surface area contributed by atoms with Crippen LogP contribution >= 0.6 is 0 Å². The van der Waals surface area contributed by atoms with Crippen LogP contribution in [0.3, 0.4) is 0 Å². The molecule has 3 aromatic rings. The molecular formula is C16H14N4O3. The molecule has 0 aliphatic carbocycles. The topological polar surface area (TPSA) is 79.1 Å². The van der Waals surface area contributed by atoms with Gasteiger partial charge >= 0.3 is 12.0 Å². The maximum absolute atomic E-state index is 11.8. The highest BCUT2D eigenvalue weighted by molar-refractivity contribution is 5.89. The average molecular weight is 310 g/mol. The van der Waals surface area contributed by atoms with E-state index < -0.39 is 5.97 Å². The largest absolute Gasteiger partial charge is 0.459 e. The van der Waals surface area contributed by atoms with Crippen LogP contribution in [0.15, 0.2) is 60.7 Å². The third-order valence-electron chi connectivity index (χ3n) is 3.00. The highest BCUT2D eigenvalue weighted by Crippen LogP contribution is 2.12. The number of para-hydroxylation sites is 1. The Labute approximate surface area is 132 Å². The Morgan fingerprint density at radius 1 is 0.957 bits per heavy atom. The van der Waals surface area contributed by atoms with Crippen LogP contribution in [0.25, 0.3) is 5.69 Å². The standard InChI is InChI=1S/C16H14N4O3/c21-15(13-7-3-1-4-8-13)22-11-12-23-16-17-18-19-20(16)14-9-5-2-6-10-14/h1-10H,11-12H2. The molecule has 0 aliphatic rings. The molecule has 0 bridgehead atoms. The molecule has 0 unspecified atom stereocenters. The highest BCUT2D eigenvalue weighted by atomic mass is 16.6. The predicted octanol–water partition coefficient (Wildman–Crippen LogP) is 1.90. The number of carbonyl (C=O) groups is 1. The zero-order valence-corrected chi connectivity index (χ0v) is 12.2. The lowest BCUT2D eigenvalue weighted by molar-refractivity contribution is 0.0443. The Morgan fingerprint density at radius 3 is 2.39 bits per heavy atom. The first kappa shape index (κ1) is 14.7. The Balaban J connectivity index is 1.52. The van der Waals surface area contributed by atoms with Crippen LogP contribution in [0.1, 0.15) is 10.4 Å². The summed E-state index contributed by atoms with van der Waals surface area (Å²) in [5, 5.41) is 11.3. The van der Waals surface area contributed by atoms with Crippen LogP contribution in [-0.2, 0) is 4.74 Å². The van der Waals surface area contributed by atoms with E-state index in [0.717, 1.165) is 5.69 Å². The fraction of sp³-hybridized carbons (Fsp3) is 0.125. The maximum Gasteiger partial charge on any atom is 0.340 e. The first-order chi connectivity index (χ1) is 11.3. The molecule has 3 rings (SSSR count). The molecule has 0 saturated carbocycles. The van der Waals surface area contributed by atoms with Crippen molar-refractivity contribution in [2.75, 3.05) is 13.2 Å². The van der Waals surface area contributed by atoms with Crippen molar-refractivity contribution < 1.29 is 14.3 Å². The van der Waals surface area contributed by atoms with E-state index in [2.05, 4.69) is 15.5 Å². The van der Waals surface area contributed by atoms with Crippen LogP contribution in [-0.4, -0.2) is 39.4 Å². The van der Waals surface area contributed by atoms with Crippen molar-refractivity contribution >= 4 is 5.97 Å². The lowest BCUT2D eigenvalue weighted by Crippen LogP contribution is -2.14. The molecule has 2 aromatic carbocycles. The second-order valence-electron chi connectivity index (χ2n) is 4.56. The van der Waals surface area contributed by atoms with Gasteiger partial charge in [0.15, 0.2) is 0 Å². The van der Waals surface area contributed by atoms with E-state index in [9.17, 15) is 4.79 Å². The van der Waals surface area contributed by atoms with Gasteiger partial charge in [-0.2, -0.15) is 4.68 Å². The molecule has 116 valence electrons. The van der Waals surface area contributed by atoms with E-state index in [1.54, 1.807) is 24.3 Å². The van der Waals surface area contributed by atoms with Gasteiger partial charge in [-0.25, -0.2) is 4.79 Å². The smallest absolute Gasteiger partial charge is 0.340 e. The zero-order valence-electron chi connectivity index (χ0n) is 12.2. The Hall–Kier alpha value is -3.22. The van der Waals surface area contributed by atoms with E-state index in [1.165, 1.54) is 4.68 Å². The highest BCUT2D eigenvalue weighted by Gasteiger charge is 2.10. The number of nitrogens with zero attached hydrogens (tertiary/aromatic N) is 4. The number of rotatable bonds is 6. The predicted molar refractivity (Wildman–Crippen MR) is 81.4 cm³/mol. The van der Waals surface area contributed by atoms with Gasteiger partial charge in [-0.15, -0.1) is 0 Å². The van der Waals surface area contributed by atoms with E-state index >= 15 is 0 Å². The summed E-state index contributed by atoms with van der Waals surface area (Å²) in [5.41, 5.74) is 1.29. The van der Waals surface area contributed by atoms with Crippen molar-refractivity contribution in [2.45, 2.75) is 0 Å². The zero-order chi connectivity index (χ0) is 15.9. The normalized spacial score (nSPS) is 10.3. The Morgan fingerprint density at radius 2 is 1.65 bits per heavy atom. The molecule has 7 nitrogen and oxygen atoms in total. The van der Waals surface area contributed by atoms with Crippen molar-refractivity contribution in [3.8, 4) is 11.7 Å².